The number of nitrogens with zero attached hydrogens (tertiary/aromatic N) is 3. The molecule has 2 aliphatic rings. The SMILES string of the molecule is CN(C)S(=O)(=O)c1ccc(/C(O)=C2\C(=O)C(=O)N(CCCN3CCOCC3)[C@@H]2c2ccc(F)cc2)cc1. The van der Waals surface area contributed by atoms with Gasteiger partial charge in [0.25, 0.3) is 11.7 Å². The largest absolute Gasteiger partial charge is 0.507 e. The predicted octanol–water partition coefficient (Wildman–Crippen LogP) is 2.22. The summed E-state index contributed by atoms with van der Waals surface area (Å²) in [5.74, 6) is -2.48. The standard InChI is InChI=1S/C26H30FN3O6S/c1-28(2)37(34,35)21-10-6-19(7-11-21)24(31)22-23(18-4-8-20(27)9-5-18)30(26(33)25(22)32)13-3-12-29-14-16-36-17-15-29/h4-11,23,31H,3,12-17H2,1-2H3/b24-22+/t23-/m1/s1. The van der Waals surface area contributed by atoms with Crippen molar-refractivity contribution in [2.45, 2.75) is 17.4 Å². The Morgan fingerprint density at radius 1 is 1.03 bits per heavy atom. The third-order valence-corrected chi connectivity index (χ3v) is 8.44. The molecular weight excluding hydrogens is 501 g/mol. The van der Waals surface area contributed by atoms with E-state index in [1.165, 1.54) is 67.5 Å². The summed E-state index contributed by atoms with van der Waals surface area (Å²) in [7, 11) is -0.867. The molecule has 2 heterocycles. The number of morpholine rings is 1. The second-order valence-corrected chi connectivity index (χ2v) is 11.3. The quantitative estimate of drug-likeness (QED) is 0.316. The van der Waals surface area contributed by atoms with Crippen molar-refractivity contribution in [1.82, 2.24) is 14.1 Å². The van der Waals surface area contributed by atoms with Crippen molar-refractivity contribution in [1.29, 1.82) is 0 Å². The Bertz CT molecular complexity index is 1290. The van der Waals surface area contributed by atoms with Crippen molar-refractivity contribution in [2.75, 3.05) is 53.5 Å². The van der Waals surface area contributed by atoms with Gasteiger partial charge >= 0.3 is 0 Å². The predicted molar refractivity (Wildman–Crippen MR) is 135 cm³/mol. The van der Waals surface area contributed by atoms with Crippen molar-refractivity contribution in [3.63, 3.8) is 0 Å². The van der Waals surface area contributed by atoms with E-state index in [2.05, 4.69) is 4.90 Å². The van der Waals surface area contributed by atoms with Crippen LogP contribution < -0.4 is 0 Å². The van der Waals surface area contributed by atoms with E-state index in [0.29, 0.717) is 31.7 Å². The fourth-order valence-electron chi connectivity index (χ4n) is 4.54. The van der Waals surface area contributed by atoms with Crippen LogP contribution in [0.1, 0.15) is 23.6 Å². The van der Waals surface area contributed by atoms with E-state index in [4.69, 9.17) is 4.74 Å². The molecule has 2 aromatic rings. The molecule has 9 nitrogen and oxygen atoms in total. The van der Waals surface area contributed by atoms with Gasteiger partial charge < -0.3 is 14.7 Å². The summed E-state index contributed by atoms with van der Waals surface area (Å²) < 4.78 is 44.9. The lowest BCUT2D eigenvalue weighted by Gasteiger charge is -2.29. The minimum Gasteiger partial charge on any atom is -0.507 e. The van der Waals surface area contributed by atoms with Crippen LogP contribution in [0.4, 0.5) is 4.39 Å². The Morgan fingerprint density at radius 3 is 2.24 bits per heavy atom. The minimum atomic E-state index is -3.69. The van der Waals surface area contributed by atoms with Gasteiger partial charge in [0.15, 0.2) is 0 Å². The molecule has 2 saturated heterocycles. The van der Waals surface area contributed by atoms with Crippen LogP contribution in [0.25, 0.3) is 5.76 Å². The number of ketones is 1. The molecule has 1 atom stereocenters. The summed E-state index contributed by atoms with van der Waals surface area (Å²) in [5, 5.41) is 11.2. The van der Waals surface area contributed by atoms with Crippen LogP contribution in [0.2, 0.25) is 0 Å². The highest BCUT2D eigenvalue weighted by Gasteiger charge is 2.45. The maximum atomic E-state index is 13.7. The number of likely N-dealkylation sites (tertiary alicyclic amines) is 1. The first-order chi connectivity index (χ1) is 17.6. The Morgan fingerprint density at radius 2 is 1.65 bits per heavy atom. The zero-order valence-corrected chi connectivity index (χ0v) is 21.6. The first kappa shape index (κ1) is 26.9. The molecule has 37 heavy (non-hydrogen) atoms. The lowest BCUT2D eigenvalue weighted by molar-refractivity contribution is -0.140. The van der Waals surface area contributed by atoms with Crippen LogP contribution in [-0.4, -0.2) is 92.8 Å². The molecule has 4 rings (SSSR count). The van der Waals surface area contributed by atoms with Crippen molar-refractivity contribution in [3.05, 3.63) is 71.0 Å². The first-order valence-electron chi connectivity index (χ1n) is 12.0. The number of benzene rings is 2. The molecule has 0 spiro atoms. The van der Waals surface area contributed by atoms with Gasteiger partial charge in [-0.1, -0.05) is 12.1 Å². The number of aliphatic hydroxyl groups is 1. The van der Waals surface area contributed by atoms with E-state index in [1.54, 1.807) is 0 Å². The summed E-state index contributed by atoms with van der Waals surface area (Å²) in [6.45, 7) is 3.86. The Kier molecular flexibility index (Phi) is 8.08. The van der Waals surface area contributed by atoms with Crippen LogP contribution in [0.3, 0.4) is 0 Å². The number of hydrogen-bond acceptors (Lipinski definition) is 7. The highest BCUT2D eigenvalue weighted by atomic mass is 32.2. The van der Waals surface area contributed by atoms with E-state index >= 15 is 0 Å². The van der Waals surface area contributed by atoms with Crippen LogP contribution in [0.5, 0.6) is 0 Å². The van der Waals surface area contributed by atoms with Gasteiger partial charge in [-0.2, -0.15) is 0 Å². The van der Waals surface area contributed by atoms with Gasteiger partial charge in [0, 0.05) is 45.8 Å². The fraction of sp³-hybridized carbons (Fsp3) is 0.385. The molecule has 0 saturated carbocycles. The van der Waals surface area contributed by atoms with Gasteiger partial charge in [0.05, 0.1) is 29.7 Å². The highest BCUT2D eigenvalue weighted by molar-refractivity contribution is 7.89. The summed E-state index contributed by atoms with van der Waals surface area (Å²) in [4.78, 5) is 29.9. The van der Waals surface area contributed by atoms with Gasteiger partial charge in [-0.25, -0.2) is 17.1 Å². The molecule has 2 aromatic carbocycles. The molecule has 0 aliphatic carbocycles. The normalized spacial score (nSPS) is 20.6. The number of rotatable bonds is 8. The third kappa shape index (κ3) is 5.59. The second-order valence-electron chi connectivity index (χ2n) is 9.16. The van der Waals surface area contributed by atoms with Crippen molar-refractivity contribution in [2.24, 2.45) is 0 Å². The lowest BCUT2D eigenvalue weighted by Crippen LogP contribution is -2.38. The maximum Gasteiger partial charge on any atom is 0.295 e. The van der Waals surface area contributed by atoms with E-state index in [9.17, 15) is 27.5 Å². The Labute approximate surface area is 215 Å². The number of aliphatic hydroxyl groups excluding tert-OH is 1. The number of ether oxygens (including phenoxy) is 1. The molecule has 0 aromatic heterocycles. The molecule has 0 unspecified atom stereocenters. The number of halogens is 1. The highest BCUT2D eigenvalue weighted by Crippen LogP contribution is 2.39. The van der Waals surface area contributed by atoms with Crippen LogP contribution in [0.15, 0.2) is 59.0 Å². The van der Waals surface area contributed by atoms with Crippen molar-refractivity contribution < 1.29 is 32.2 Å². The average molecular weight is 532 g/mol. The molecule has 2 fully saturated rings. The molecule has 1 amide bonds. The van der Waals surface area contributed by atoms with E-state index < -0.39 is 39.3 Å². The fourth-order valence-corrected chi connectivity index (χ4v) is 5.44. The Hall–Kier alpha value is -3.12. The molecular formula is C26H30FN3O6S. The number of carbonyl (C=O) groups excluding carboxylic acids is 2. The van der Waals surface area contributed by atoms with Gasteiger partial charge in [-0.15, -0.1) is 0 Å². The summed E-state index contributed by atoms with van der Waals surface area (Å²) >= 11 is 0. The van der Waals surface area contributed by atoms with Crippen LogP contribution >= 0.6 is 0 Å². The monoisotopic (exact) mass is 531 g/mol. The summed E-state index contributed by atoms with van der Waals surface area (Å²) in [6, 6.07) is 9.98. The van der Waals surface area contributed by atoms with Gasteiger partial charge in [-0.3, -0.25) is 14.5 Å². The number of sulfonamides is 1. The third-order valence-electron chi connectivity index (χ3n) is 6.61. The number of amides is 1. The topological polar surface area (TPSA) is 107 Å². The molecule has 198 valence electrons. The average Bonchev–Trinajstić information content (AvgIpc) is 3.14. The van der Waals surface area contributed by atoms with Crippen molar-refractivity contribution in [3.8, 4) is 0 Å². The first-order valence-corrected chi connectivity index (χ1v) is 13.4. The van der Waals surface area contributed by atoms with Crippen molar-refractivity contribution >= 4 is 27.5 Å². The molecule has 1 N–H and O–H groups in total. The lowest BCUT2D eigenvalue weighted by atomic mass is 9.95. The zero-order chi connectivity index (χ0) is 26.7. The minimum absolute atomic E-state index is 0.0210. The van der Waals surface area contributed by atoms with Crippen LogP contribution in [-0.2, 0) is 24.3 Å². The smallest absolute Gasteiger partial charge is 0.295 e. The van der Waals surface area contributed by atoms with E-state index in [-0.39, 0.29) is 22.6 Å². The number of carbonyl (C=O) groups is 2. The zero-order valence-electron chi connectivity index (χ0n) is 20.8. The Balaban J connectivity index is 1.68. The summed E-state index contributed by atoms with van der Waals surface area (Å²) in [5.41, 5.74) is 0.558. The number of hydrogen-bond donors (Lipinski definition) is 1. The van der Waals surface area contributed by atoms with E-state index in [1.807, 2.05) is 0 Å². The molecule has 0 bridgehead atoms. The molecule has 11 heteroatoms. The van der Waals surface area contributed by atoms with Gasteiger partial charge in [0.1, 0.15) is 11.6 Å². The summed E-state index contributed by atoms with van der Waals surface area (Å²) in [6.07, 6.45) is 0.599. The maximum absolute atomic E-state index is 13.7. The second kappa shape index (κ2) is 11.1. The van der Waals surface area contributed by atoms with Gasteiger partial charge in [0.2, 0.25) is 10.0 Å². The number of Topliss-reactive ketones (excluding diaryl/α,β-unsaturated/α-hetero) is 1. The van der Waals surface area contributed by atoms with Gasteiger partial charge in [-0.05, 0) is 48.4 Å². The van der Waals surface area contributed by atoms with Crippen LogP contribution in [0, 0.1) is 5.82 Å². The molecule has 0 radical (unpaired) electrons. The molecule has 2 aliphatic heterocycles. The van der Waals surface area contributed by atoms with E-state index in [0.717, 1.165) is 17.4 Å².